The Hall–Kier alpha value is -2.98. The first-order chi connectivity index (χ1) is 18.7. The van der Waals surface area contributed by atoms with Gasteiger partial charge in [0.1, 0.15) is 6.61 Å². The Morgan fingerprint density at radius 3 is 2.49 bits per heavy atom. The number of carbonyl (C=O) groups excluding carboxylic acids is 1. The maximum atomic E-state index is 13.2. The second-order valence-electron chi connectivity index (χ2n) is 8.19. The number of aromatic carboxylic acids is 1. The number of ether oxygens (including phenoxy) is 2. The highest BCUT2D eigenvalue weighted by molar-refractivity contribution is 9.10. The Morgan fingerprint density at radius 1 is 1.10 bits per heavy atom. The molecule has 11 heteroatoms. The Kier molecular flexibility index (Phi) is 9.61. The highest BCUT2D eigenvalue weighted by Crippen LogP contribution is 2.40. The normalized spacial score (nSPS) is 15.3. The predicted octanol–water partition coefficient (Wildman–Crippen LogP) is 8.06. The van der Waals surface area contributed by atoms with Gasteiger partial charge in [0.25, 0.3) is 5.91 Å². The average molecular weight is 650 g/mol. The van der Waals surface area contributed by atoms with Crippen molar-refractivity contribution in [3.8, 4) is 11.5 Å². The summed E-state index contributed by atoms with van der Waals surface area (Å²) in [6.45, 7) is 4.80. The third-order valence-corrected chi connectivity index (χ3v) is 7.74. The molecule has 1 amide bonds. The smallest absolute Gasteiger partial charge is 0.335 e. The molecule has 0 aliphatic carbocycles. The van der Waals surface area contributed by atoms with Gasteiger partial charge in [-0.2, -0.15) is 0 Å². The lowest BCUT2D eigenvalue weighted by Gasteiger charge is -2.15. The summed E-state index contributed by atoms with van der Waals surface area (Å²) >= 11 is 17.1. The van der Waals surface area contributed by atoms with Crippen molar-refractivity contribution in [3.05, 3.63) is 90.7 Å². The van der Waals surface area contributed by atoms with Crippen LogP contribution in [0, 0.1) is 0 Å². The minimum atomic E-state index is -1.01. The quantitative estimate of drug-likeness (QED) is 0.236. The highest BCUT2D eigenvalue weighted by atomic mass is 79.9. The van der Waals surface area contributed by atoms with E-state index in [0.717, 1.165) is 11.1 Å². The number of thioether (sulfide) groups is 1. The molecule has 0 saturated carbocycles. The number of likely N-dealkylation sites (N-methyl/N-ethyl adjacent to an activating group) is 1. The van der Waals surface area contributed by atoms with E-state index in [2.05, 4.69) is 20.9 Å². The van der Waals surface area contributed by atoms with Crippen LogP contribution in [0.2, 0.25) is 10.0 Å². The topological polar surface area (TPSA) is 88.4 Å². The van der Waals surface area contributed by atoms with Crippen molar-refractivity contribution in [2.45, 2.75) is 20.5 Å². The van der Waals surface area contributed by atoms with Gasteiger partial charge in [-0.05, 0) is 102 Å². The van der Waals surface area contributed by atoms with Gasteiger partial charge < -0.3 is 14.6 Å². The molecule has 1 aliphatic rings. The summed E-state index contributed by atoms with van der Waals surface area (Å²) in [4.78, 5) is 30.9. The number of halogens is 3. The molecule has 39 heavy (non-hydrogen) atoms. The molecule has 0 bridgehead atoms. The molecule has 4 rings (SSSR count). The molecular formula is C28H23BrCl2N2O5S. The molecule has 3 aromatic rings. The lowest BCUT2D eigenvalue weighted by molar-refractivity contribution is -0.122. The Bertz CT molecular complexity index is 1480. The van der Waals surface area contributed by atoms with E-state index in [9.17, 15) is 9.59 Å². The van der Waals surface area contributed by atoms with Crippen LogP contribution >= 0.6 is 50.9 Å². The van der Waals surface area contributed by atoms with Gasteiger partial charge in [-0.15, -0.1) is 0 Å². The lowest BCUT2D eigenvalue weighted by Crippen LogP contribution is -2.28. The minimum Gasteiger partial charge on any atom is -0.490 e. The van der Waals surface area contributed by atoms with Crippen LogP contribution in [0.4, 0.5) is 5.69 Å². The number of carboxylic acid groups (broad SMARTS) is 1. The molecule has 0 unspecified atom stereocenters. The van der Waals surface area contributed by atoms with E-state index in [4.69, 9.17) is 37.8 Å². The Morgan fingerprint density at radius 2 is 1.85 bits per heavy atom. The molecule has 7 nitrogen and oxygen atoms in total. The summed E-state index contributed by atoms with van der Waals surface area (Å²) in [5, 5.41) is 10.7. The first-order valence-corrected chi connectivity index (χ1v) is 14.2. The number of carboxylic acids is 1. The monoisotopic (exact) mass is 648 g/mol. The molecule has 1 aliphatic heterocycles. The molecule has 1 saturated heterocycles. The Balaban J connectivity index is 1.60. The number of aliphatic imine (C=N–C) groups is 1. The molecular weight excluding hydrogens is 627 g/mol. The van der Waals surface area contributed by atoms with Crippen LogP contribution in [0.15, 0.2) is 69.0 Å². The fraction of sp³-hybridized carbons (Fsp3) is 0.179. The van der Waals surface area contributed by atoms with Crippen molar-refractivity contribution in [2.24, 2.45) is 4.99 Å². The standard InChI is InChI=1S/C28H23BrCl2N2O5S/c1-3-33-26(34)24(39-28(33)32-20-9-6-17(7-10-20)27(35)36)13-16-11-21(29)25(23(12-16)37-4-2)38-15-18-5-8-19(30)14-22(18)31/h5-14H,3-4,15H2,1-2H3,(H,35,36)/b24-13+,32-28?. The van der Waals surface area contributed by atoms with Gasteiger partial charge in [0, 0.05) is 22.2 Å². The van der Waals surface area contributed by atoms with Crippen LogP contribution in [0.3, 0.4) is 0 Å². The fourth-order valence-corrected chi connectivity index (χ4v) is 5.77. The van der Waals surface area contributed by atoms with Crippen molar-refractivity contribution < 1.29 is 24.2 Å². The van der Waals surface area contributed by atoms with Gasteiger partial charge >= 0.3 is 5.97 Å². The summed E-state index contributed by atoms with van der Waals surface area (Å²) in [5.41, 5.74) is 2.24. The minimum absolute atomic E-state index is 0.168. The molecule has 0 spiro atoms. The first kappa shape index (κ1) is 29.0. The number of carbonyl (C=O) groups is 2. The van der Waals surface area contributed by atoms with Crippen molar-refractivity contribution in [1.82, 2.24) is 4.90 Å². The number of benzene rings is 3. The summed E-state index contributed by atoms with van der Waals surface area (Å²) in [6, 6.07) is 15.0. The molecule has 202 valence electrons. The molecule has 1 fully saturated rings. The molecule has 0 atom stereocenters. The third kappa shape index (κ3) is 6.97. The summed E-state index contributed by atoms with van der Waals surface area (Å²) in [5.74, 6) is -0.158. The van der Waals surface area contributed by atoms with E-state index >= 15 is 0 Å². The van der Waals surface area contributed by atoms with Gasteiger partial charge in [-0.3, -0.25) is 9.69 Å². The van der Waals surface area contributed by atoms with Crippen LogP contribution in [0.1, 0.15) is 35.3 Å². The zero-order valence-electron chi connectivity index (χ0n) is 20.9. The third-order valence-electron chi connectivity index (χ3n) is 5.56. The SMILES string of the molecule is CCOc1cc(/C=C2/SC(=Nc3ccc(C(=O)O)cc3)N(CC)C2=O)cc(Br)c1OCc1ccc(Cl)cc1Cl. The van der Waals surface area contributed by atoms with E-state index in [-0.39, 0.29) is 18.1 Å². The molecule has 1 N–H and O–H groups in total. The largest absolute Gasteiger partial charge is 0.490 e. The Labute approximate surface area is 248 Å². The maximum Gasteiger partial charge on any atom is 0.335 e. The summed E-state index contributed by atoms with van der Waals surface area (Å²) in [7, 11) is 0. The molecule has 1 heterocycles. The lowest BCUT2D eigenvalue weighted by atomic mass is 10.1. The van der Waals surface area contributed by atoms with Crippen molar-refractivity contribution in [2.75, 3.05) is 13.2 Å². The predicted molar refractivity (Wildman–Crippen MR) is 160 cm³/mol. The first-order valence-electron chi connectivity index (χ1n) is 11.9. The van der Waals surface area contributed by atoms with Crippen molar-refractivity contribution in [3.63, 3.8) is 0 Å². The van der Waals surface area contributed by atoms with Crippen molar-refractivity contribution in [1.29, 1.82) is 0 Å². The van der Waals surface area contributed by atoms with Gasteiger partial charge in [0.2, 0.25) is 0 Å². The van der Waals surface area contributed by atoms with Crippen LogP contribution in [-0.2, 0) is 11.4 Å². The number of nitrogens with zero attached hydrogens (tertiary/aromatic N) is 2. The number of hydrogen-bond acceptors (Lipinski definition) is 6. The van der Waals surface area contributed by atoms with E-state index in [0.29, 0.717) is 54.9 Å². The summed E-state index contributed by atoms with van der Waals surface area (Å²) < 4.78 is 12.6. The van der Waals surface area contributed by atoms with Gasteiger partial charge in [0.05, 0.1) is 27.2 Å². The van der Waals surface area contributed by atoms with Crippen LogP contribution in [-0.4, -0.2) is 40.2 Å². The number of amidine groups is 1. The van der Waals surface area contributed by atoms with Gasteiger partial charge in [0.15, 0.2) is 16.7 Å². The van der Waals surface area contributed by atoms with Crippen LogP contribution in [0.5, 0.6) is 11.5 Å². The summed E-state index contributed by atoms with van der Waals surface area (Å²) in [6.07, 6.45) is 1.78. The molecule has 0 aromatic heterocycles. The van der Waals surface area contributed by atoms with Crippen LogP contribution < -0.4 is 9.47 Å². The van der Waals surface area contributed by atoms with Crippen LogP contribution in [0.25, 0.3) is 6.08 Å². The van der Waals surface area contributed by atoms with E-state index in [1.165, 1.54) is 23.9 Å². The van der Waals surface area contributed by atoms with Crippen molar-refractivity contribution >= 4 is 79.7 Å². The van der Waals surface area contributed by atoms with E-state index in [1.54, 1.807) is 41.3 Å². The number of rotatable bonds is 9. The fourth-order valence-electron chi connectivity index (χ4n) is 3.67. The average Bonchev–Trinajstić information content (AvgIpc) is 3.18. The van der Waals surface area contributed by atoms with E-state index in [1.807, 2.05) is 26.0 Å². The van der Waals surface area contributed by atoms with E-state index < -0.39 is 5.97 Å². The van der Waals surface area contributed by atoms with Gasteiger partial charge in [-0.1, -0.05) is 29.3 Å². The zero-order chi connectivity index (χ0) is 28.1. The highest BCUT2D eigenvalue weighted by Gasteiger charge is 2.32. The molecule has 0 radical (unpaired) electrons. The van der Waals surface area contributed by atoms with Gasteiger partial charge in [-0.25, -0.2) is 9.79 Å². The second-order valence-corrected chi connectivity index (χ2v) is 10.9. The molecule has 3 aromatic carbocycles. The maximum absolute atomic E-state index is 13.2. The number of amides is 1. The number of hydrogen-bond donors (Lipinski definition) is 1. The second kappa shape index (κ2) is 12.9. The zero-order valence-corrected chi connectivity index (χ0v) is 24.8.